The van der Waals surface area contributed by atoms with Gasteiger partial charge in [0.25, 0.3) is 0 Å². The van der Waals surface area contributed by atoms with E-state index >= 15 is 0 Å². The monoisotopic (exact) mass is 286 g/mol. The summed E-state index contributed by atoms with van der Waals surface area (Å²) in [6, 6.07) is -0.229. The molecule has 0 aliphatic carbocycles. The van der Waals surface area contributed by atoms with Gasteiger partial charge in [-0.1, -0.05) is 0 Å². The van der Waals surface area contributed by atoms with Crippen LogP contribution in [0.3, 0.4) is 0 Å². The fourth-order valence-electron chi connectivity index (χ4n) is 2.40. The normalized spacial score (nSPS) is 16.5. The molecule has 1 heterocycles. The molecule has 0 aromatic heterocycles. The van der Waals surface area contributed by atoms with Crippen LogP contribution >= 0.6 is 0 Å². The van der Waals surface area contributed by atoms with Crippen molar-refractivity contribution >= 4 is 11.9 Å². The van der Waals surface area contributed by atoms with E-state index in [1.807, 2.05) is 16.7 Å². The molecule has 6 nitrogen and oxygen atoms in total. The summed E-state index contributed by atoms with van der Waals surface area (Å²) in [4.78, 5) is 27.5. The SMILES string of the molecule is COCCN(CCC(=O)OC)C(C)C(=O)N1CCCC1. The quantitative estimate of drug-likeness (QED) is 0.608. The van der Waals surface area contributed by atoms with Crippen molar-refractivity contribution in [2.75, 3.05) is 47.0 Å². The summed E-state index contributed by atoms with van der Waals surface area (Å²) in [6.45, 7) is 5.27. The van der Waals surface area contributed by atoms with E-state index in [2.05, 4.69) is 4.74 Å². The second-order valence-electron chi connectivity index (χ2n) is 5.06. The van der Waals surface area contributed by atoms with E-state index in [0.29, 0.717) is 19.7 Å². The molecule has 0 N–H and O–H groups in total. The highest BCUT2D eigenvalue weighted by Gasteiger charge is 2.27. The first-order chi connectivity index (χ1) is 9.60. The van der Waals surface area contributed by atoms with Gasteiger partial charge in [-0.15, -0.1) is 0 Å². The van der Waals surface area contributed by atoms with Crippen molar-refractivity contribution in [3.05, 3.63) is 0 Å². The summed E-state index contributed by atoms with van der Waals surface area (Å²) in [5.74, 6) is -0.114. The summed E-state index contributed by atoms with van der Waals surface area (Å²) in [6.07, 6.45) is 2.45. The molecule has 0 bridgehead atoms. The number of amides is 1. The van der Waals surface area contributed by atoms with Gasteiger partial charge in [-0.05, 0) is 19.8 Å². The molecule has 1 fully saturated rings. The van der Waals surface area contributed by atoms with Gasteiger partial charge in [0.15, 0.2) is 0 Å². The molecule has 1 rings (SSSR count). The third-order valence-corrected chi connectivity index (χ3v) is 3.74. The maximum Gasteiger partial charge on any atom is 0.306 e. The number of hydrogen-bond acceptors (Lipinski definition) is 5. The highest BCUT2D eigenvalue weighted by atomic mass is 16.5. The van der Waals surface area contributed by atoms with Crippen molar-refractivity contribution in [1.29, 1.82) is 0 Å². The lowest BCUT2D eigenvalue weighted by Crippen LogP contribution is -2.48. The van der Waals surface area contributed by atoms with Gasteiger partial charge in [-0.3, -0.25) is 14.5 Å². The molecule has 1 unspecified atom stereocenters. The Hall–Kier alpha value is -1.14. The van der Waals surface area contributed by atoms with Crippen LogP contribution in [0.5, 0.6) is 0 Å². The Morgan fingerprint density at radius 3 is 2.40 bits per heavy atom. The van der Waals surface area contributed by atoms with Crippen molar-refractivity contribution in [3.63, 3.8) is 0 Å². The van der Waals surface area contributed by atoms with Gasteiger partial charge in [-0.2, -0.15) is 0 Å². The van der Waals surface area contributed by atoms with E-state index in [9.17, 15) is 9.59 Å². The average Bonchev–Trinajstić information content (AvgIpc) is 2.99. The number of rotatable bonds is 8. The first-order valence-electron chi connectivity index (χ1n) is 7.18. The van der Waals surface area contributed by atoms with Crippen LogP contribution in [0.1, 0.15) is 26.2 Å². The molecule has 0 saturated carbocycles. The highest BCUT2D eigenvalue weighted by molar-refractivity contribution is 5.81. The molecule has 1 aliphatic heterocycles. The molecule has 1 amide bonds. The van der Waals surface area contributed by atoms with Crippen molar-refractivity contribution in [1.82, 2.24) is 9.80 Å². The fraction of sp³-hybridized carbons (Fsp3) is 0.857. The summed E-state index contributed by atoms with van der Waals surface area (Å²) in [5.41, 5.74) is 0. The molecule has 6 heteroatoms. The van der Waals surface area contributed by atoms with E-state index in [-0.39, 0.29) is 24.3 Å². The zero-order valence-corrected chi connectivity index (χ0v) is 12.8. The number of hydrogen-bond donors (Lipinski definition) is 0. The molecule has 0 radical (unpaired) electrons. The summed E-state index contributed by atoms with van der Waals surface area (Å²) in [7, 11) is 3.01. The molecule has 1 aliphatic rings. The maximum absolute atomic E-state index is 12.4. The highest BCUT2D eigenvalue weighted by Crippen LogP contribution is 2.12. The smallest absolute Gasteiger partial charge is 0.306 e. The first kappa shape index (κ1) is 16.9. The molecule has 20 heavy (non-hydrogen) atoms. The molecule has 0 aromatic carbocycles. The number of likely N-dealkylation sites (tertiary alicyclic amines) is 1. The van der Waals surface area contributed by atoms with Crippen LogP contribution < -0.4 is 0 Å². The molecule has 1 atom stereocenters. The predicted octanol–water partition coefficient (Wildman–Crippen LogP) is 0.509. The van der Waals surface area contributed by atoms with Gasteiger partial charge in [0, 0.05) is 33.3 Å². The molecular formula is C14H26N2O4. The largest absolute Gasteiger partial charge is 0.469 e. The minimum Gasteiger partial charge on any atom is -0.469 e. The number of esters is 1. The second-order valence-corrected chi connectivity index (χ2v) is 5.06. The average molecular weight is 286 g/mol. The van der Waals surface area contributed by atoms with E-state index in [0.717, 1.165) is 25.9 Å². The number of methoxy groups -OCH3 is 2. The first-order valence-corrected chi connectivity index (χ1v) is 7.18. The summed E-state index contributed by atoms with van der Waals surface area (Å²) >= 11 is 0. The second kappa shape index (κ2) is 8.92. The molecule has 0 spiro atoms. The Balaban J connectivity index is 2.54. The van der Waals surface area contributed by atoms with Gasteiger partial charge >= 0.3 is 5.97 Å². The van der Waals surface area contributed by atoms with Crippen molar-refractivity contribution in [2.24, 2.45) is 0 Å². The predicted molar refractivity (Wildman–Crippen MR) is 75.4 cm³/mol. The Labute approximate surface area is 121 Å². The van der Waals surface area contributed by atoms with Crippen LogP contribution in [-0.4, -0.2) is 74.7 Å². The lowest BCUT2D eigenvalue weighted by Gasteiger charge is -2.30. The van der Waals surface area contributed by atoms with E-state index in [4.69, 9.17) is 4.74 Å². The maximum atomic E-state index is 12.4. The van der Waals surface area contributed by atoms with E-state index < -0.39 is 0 Å². The van der Waals surface area contributed by atoms with Crippen molar-refractivity contribution < 1.29 is 19.1 Å². The number of ether oxygens (including phenoxy) is 2. The molecule has 0 aromatic rings. The molecule has 116 valence electrons. The number of nitrogens with zero attached hydrogens (tertiary/aromatic N) is 2. The minimum absolute atomic E-state index is 0.142. The van der Waals surface area contributed by atoms with Crippen LogP contribution in [-0.2, 0) is 19.1 Å². The van der Waals surface area contributed by atoms with Crippen LogP contribution in [0.2, 0.25) is 0 Å². The van der Waals surface area contributed by atoms with Gasteiger partial charge in [0.05, 0.1) is 26.2 Å². The number of carbonyl (C=O) groups is 2. The fourth-order valence-corrected chi connectivity index (χ4v) is 2.40. The third-order valence-electron chi connectivity index (χ3n) is 3.74. The molecular weight excluding hydrogens is 260 g/mol. The van der Waals surface area contributed by atoms with Gasteiger partial charge in [-0.25, -0.2) is 0 Å². The van der Waals surface area contributed by atoms with E-state index in [1.165, 1.54) is 7.11 Å². The molecule has 1 saturated heterocycles. The van der Waals surface area contributed by atoms with Gasteiger partial charge in [0.2, 0.25) is 5.91 Å². The summed E-state index contributed by atoms with van der Waals surface area (Å²) in [5, 5.41) is 0. The number of carbonyl (C=O) groups excluding carboxylic acids is 2. The Kier molecular flexibility index (Phi) is 7.54. The topological polar surface area (TPSA) is 59.1 Å². The van der Waals surface area contributed by atoms with Crippen molar-refractivity contribution in [3.8, 4) is 0 Å². The van der Waals surface area contributed by atoms with Crippen LogP contribution in [0, 0.1) is 0 Å². The van der Waals surface area contributed by atoms with Crippen LogP contribution in [0.25, 0.3) is 0 Å². The Bertz CT molecular complexity index is 316. The zero-order valence-electron chi connectivity index (χ0n) is 12.8. The Morgan fingerprint density at radius 2 is 1.85 bits per heavy atom. The van der Waals surface area contributed by atoms with Gasteiger partial charge in [0.1, 0.15) is 0 Å². The summed E-state index contributed by atoms with van der Waals surface area (Å²) < 4.78 is 9.73. The van der Waals surface area contributed by atoms with Crippen molar-refractivity contribution in [2.45, 2.75) is 32.2 Å². The Morgan fingerprint density at radius 1 is 1.20 bits per heavy atom. The zero-order chi connectivity index (χ0) is 15.0. The third kappa shape index (κ3) is 5.09. The minimum atomic E-state index is -0.256. The van der Waals surface area contributed by atoms with Crippen LogP contribution in [0.4, 0.5) is 0 Å². The van der Waals surface area contributed by atoms with Gasteiger partial charge < -0.3 is 14.4 Å². The lowest BCUT2D eigenvalue weighted by molar-refractivity contribution is -0.142. The van der Waals surface area contributed by atoms with E-state index in [1.54, 1.807) is 7.11 Å². The van der Waals surface area contributed by atoms with Crippen LogP contribution in [0.15, 0.2) is 0 Å². The standard InChI is InChI=1S/C14H26N2O4/c1-12(14(18)16-7-4-5-8-16)15(10-11-19-2)9-6-13(17)20-3/h12H,4-11H2,1-3H3. The lowest BCUT2D eigenvalue weighted by atomic mass is 10.2.